The molecule has 0 radical (unpaired) electrons. The monoisotopic (exact) mass is 352 g/mol. The minimum Gasteiger partial charge on any atom is -0.308 e. The highest BCUT2D eigenvalue weighted by atomic mass is 32.1. The van der Waals surface area contributed by atoms with Crippen LogP contribution in [-0.4, -0.2) is 13.1 Å². The van der Waals surface area contributed by atoms with Gasteiger partial charge in [-0.3, -0.25) is 0 Å². The Kier molecular flexibility index (Phi) is 5.93. The van der Waals surface area contributed by atoms with E-state index < -0.39 is 6.03 Å². The molecule has 0 unspecified atom stereocenters. The zero-order valence-electron chi connectivity index (χ0n) is 14.1. The lowest BCUT2D eigenvalue weighted by molar-refractivity contribution is -0.281. The van der Waals surface area contributed by atoms with Crippen LogP contribution in [0.2, 0.25) is 0 Å². The molecule has 2 rings (SSSR count). The van der Waals surface area contributed by atoms with E-state index in [1.165, 1.54) is 31.4 Å². The number of amides is 2. The maximum atomic E-state index is 12.9. The molecule has 1 aromatic heterocycles. The van der Waals surface area contributed by atoms with Crippen LogP contribution in [0.4, 0.5) is 20.6 Å². The number of thiophene rings is 1. The van der Waals surface area contributed by atoms with Gasteiger partial charge in [-0.1, -0.05) is 20.8 Å². The van der Waals surface area contributed by atoms with Crippen LogP contribution in [0.5, 0.6) is 0 Å². The fraction of sp³-hybridized carbons (Fsp3) is 0.353. The summed E-state index contributed by atoms with van der Waals surface area (Å²) in [5.74, 6) is -0.354. The maximum absolute atomic E-state index is 12.9. The Bertz CT molecular complexity index is 693. The van der Waals surface area contributed by atoms with Crippen molar-refractivity contribution >= 4 is 28.7 Å². The fourth-order valence-corrected chi connectivity index (χ4v) is 3.02. The van der Waals surface area contributed by atoms with E-state index in [0.29, 0.717) is 11.4 Å². The molecule has 1 aromatic carbocycles. The molecule has 2 aromatic rings. The van der Waals surface area contributed by atoms with E-state index >= 15 is 0 Å². The first-order chi connectivity index (χ1) is 11.3. The summed E-state index contributed by atoms with van der Waals surface area (Å²) in [4.78, 5) is 23.8. The number of urea groups is 1. The molecular formula is C17H21FN2O3S. The number of nitrogens with one attached hydrogen (secondary N) is 2. The molecular weight excluding hydrogens is 331 g/mol. The first kappa shape index (κ1) is 18.4. The number of hydrogen-bond acceptors (Lipinski definition) is 4. The third-order valence-electron chi connectivity index (χ3n) is 3.21. The van der Waals surface area contributed by atoms with E-state index in [1.54, 1.807) is 11.3 Å². The van der Waals surface area contributed by atoms with Crippen molar-refractivity contribution in [3.05, 3.63) is 45.9 Å². The number of carbonyl (C=O) groups excluding carboxylic acids is 1. The molecule has 0 aliphatic heterocycles. The smallest absolute Gasteiger partial charge is 0.308 e. The number of hydrogen-bond donors (Lipinski definition) is 2. The fourth-order valence-electron chi connectivity index (χ4n) is 1.94. The Balaban J connectivity index is 2.12. The summed E-state index contributed by atoms with van der Waals surface area (Å²) in [7, 11) is 1.44. The van der Waals surface area contributed by atoms with E-state index in [1.807, 2.05) is 6.07 Å². The standard InChI is InChI=1S/C17H21FN2O3S/c1-17(2,3)15-9-13(14(24-15)10-23-22-4)20-16(21)19-12-7-5-11(18)6-8-12/h5-9H,10H2,1-4H3,(H2,19,20,21). The summed E-state index contributed by atoms with van der Waals surface area (Å²) < 4.78 is 12.9. The molecule has 0 fully saturated rings. The lowest BCUT2D eigenvalue weighted by Gasteiger charge is -2.15. The molecule has 2 N–H and O–H groups in total. The van der Waals surface area contributed by atoms with Crippen molar-refractivity contribution in [3.63, 3.8) is 0 Å². The van der Waals surface area contributed by atoms with Gasteiger partial charge < -0.3 is 10.6 Å². The van der Waals surface area contributed by atoms with E-state index in [0.717, 1.165) is 9.75 Å². The zero-order valence-corrected chi connectivity index (χ0v) is 14.9. The van der Waals surface area contributed by atoms with Crippen LogP contribution in [0.3, 0.4) is 0 Å². The second-order valence-corrected chi connectivity index (χ2v) is 7.35. The Labute approximate surface area is 144 Å². The first-order valence-electron chi connectivity index (χ1n) is 7.42. The number of halogens is 1. The van der Waals surface area contributed by atoms with Gasteiger partial charge in [-0.15, -0.1) is 11.3 Å². The highest BCUT2D eigenvalue weighted by Crippen LogP contribution is 2.36. The highest BCUT2D eigenvalue weighted by Gasteiger charge is 2.21. The van der Waals surface area contributed by atoms with E-state index in [9.17, 15) is 9.18 Å². The molecule has 130 valence electrons. The van der Waals surface area contributed by atoms with Gasteiger partial charge in [-0.25, -0.2) is 19.0 Å². The third-order valence-corrected chi connectivity index (χ3v) is 4.74. The minimum atomic E-state index is -0.404. The lowest BCUT2D eigenvalue weighted by Crippen LogP contribution is -2.19. The number of benzene rings is 1. The summed E-state index contributed by atoms with van der Waals surface area (Å²) >= 11 is 1.56. The van der Waals surface area contributed by atoms with Gasteiger partial charge in [0.15, 0.2) is 0 Å². The predicted molar refractivity (Wildman–Crippen MR) is 93.9 cm³/mol. The Morgan fingerprint density at radius 1 is 1.21 bits per heavy atom. The largest absolute Gasteiger partial charge is 0.323 e. The van der Waals surface area contributed by atoms with Crippen LogP contribution < -0.4 is 10.6 Å². The van der Waals surface area contributed by atoms with Crippen LogP contribution >= 0.6 is 11.3 Å². The molecule has 0 aliphatic rings. The van der Waals surface area contributed by atoms with Crippen LogP contribution in [0.15, 0.2) is 30.3 Å². The van der Waals surface area contributed by atoms with E-state index in [4.69, 9.17) is 4.89 Å². The average Bonchev–Trinajstić information content (AvgIpc) is 2.90. The van der Waals surface area contributed by atoms with Crippen molar-refractivity contribution in [1.82, 2.24) is 0 Å². The summed E-state index contributed by atoms with van der Waals surface area (Å²) in [6.45, 7) is 6.54. The van der Waals surface area contributed by atoms with Gasteiger partial charge in [0.05, 0.1) is 17.7 Å². The topological polar surface area (TPSA) is 59.6 Å². The normalized spacial score (nSPS) is 11.4. The van der Waals surface area contributed by atoms with Crippen molar-refractivity contribution in [2.24, 2.45) is 0 Å². The van der Waals surface area contributed by atoms with Crippen molar-refractivity contribution < 1.29 is 19.0 Å². The molecule has 0 aliphatic carbocycles. The van der Waals surface area contributed by atoms with Gasteiger partial charge in [0.1, 0.15) is 12.4 Å². The van der Waals surface area contributed by atoms with E-state index in [-0.39, 0.29) is 17.8 Å². The molecule has 1 heterocycles. The highest BCUT2D eigenvalue weighted by molar-refractivity contribution is 7.12. The van der Waals surface area contributed by atoms with Crippen molar-refractivity contribution in [2.75, 3.05) is 17.7 Å². The molecule has 0 spiro atoms. The molecule has 0 saturated carbocycles. The number of rotatable bonds is 5. The maximum Gasteiger partial charge on any atom is 0.323 e. The van der Waals surface area contributed by atoms with Crippen LogP contribution in [0, 0.1) is 5.82 Å². The zero-order chi connectivity index (χ0) is 17.7. The SMILES string of the molecule is COOCc1sc(C(C)(C)C)cc1NC(=O)Nc1ccc(F)cc1. The molecule has 0 atom stereocenters. The van der Waals surface area contributed by atoms with Crippen molar-refractivity contribution in [3.8, 4) is 0 Å². The summed E-state index contributed by atoms with van der Waals surface area (Å²) in [5.41, 5.74) is 1.14. The summed E-state index contributed by atoms with van der Waals surface area (Å²) in [6, 6.07) is 7.10. The van der Waals surface area contributed by atoms with Gasteiger partial charge in [0.2, 0.25) is 0 Å². The molecule has 7 heteroatoms. The van der Waals surface area contributed by atoms with Crippen molar-refractivity contribution in [1.29, 1.82) is 0 Å². The predicted octanol–water partition coefficient (Wildman–Crippen LogP) is 4.91. The minimum absolute atomic E-state index is 0.0418. The Morgan fingerprint density at radius 2 is 1.88 bits per heavy atom. The number of carbonyl (C=O) groups is 1. The average molecular weight is 352 g/mol. The summed E-state index contributed by atoms with van der Waals surface area (Å²) in [5, 5.41) is 5.47. The number of anilines is 2. The first-order valence-corrected chi connectivity index (χ1v) is 8.23. The van der Waals surface area contributed by atoms with Gasteiger partial charge in [0, 0.05) is 10.6 Å². The summed E-state index contributed by atoms with van der Waals surface area (Å²) in [6.07, 6.45) is 0. The van der Waals surface area contributed by atoms with E-state index in [2.05, 4.69) is 36.3 Å². The quantitative estimate of drug-likeness (QED) is 0.594. The second kappa shape index (κ2) is 7.74. The Morgan fingerprint density at radius 3 is 2.46 bits per heavy atom. The Hall–Kier alpha value is -1.96. The third kappa shape index (κ3) is 5.02. The second-order valence-electron chi connectivity index (χ2n) is 6.21. The molecule has 0 saturated heterocycles. The molecule has 5 nitrogen and oxygen atoms in total. The van der Waals surface area contributed by atoms with Crippen LogP contribution in [0.25, 0.3) is 0 Å². The molecule has 2 amide bonds. The lowest BCUT2D eigenvalue weighted by atomic mass is 9.94. The van der Waals surface area contributed by atoms with Crippen LogP contribution in [0.1, 0.15) is 30.5 Å². The van der Waals surface area contributed by atoms with Gasteiger partial charge in [-0.05, 0) is 35.7 Å². The van der Waals surface area contributed by atoms with Crippen LogP contribution in [-0.2, 0) is 21.8 Å². The van der Waals surface area contributed by atoms with Gasteiger partial charge in [-0.2, -0.15) is 0 Å². The van der Waals surface area contributed by atoms with Crippen molar-refractivity contribution in [2.45, 2.75) is 32.8 Å². The van der Waals surface area contributed by atoms with Gasteiger partial charge in [0.25, 0.3) is 0 Å². The van der Waals surface area contributed by atoms with Gasteiger partial charge >= 0.3 is 6.03 Å². The molecule has 24 heavy (non-hydrogen) atoms. The molecule has 0 bridgehead atoms.